The van der Waals surface area contributed by atoms with Gasteiger partial charge in [0.2, 0.25) is 0 Å². The minimum Gasteiger partial charge on any atom is -0.334 e. The van der Waals surface area contributed by atoms with E-state index in [2.05, 4.69) is 31.8 Å². The topological polar surface area (TPSA) is 57.4 Å². The Bertz CT molecular complexity index is 1120. The predicted octanol–water partition coefficient (Wildman–Crippen LogP) is 4.52. The van der Waals surface area contributed by atoms with Gasteiger partial charge in [-0.2, -0.15) is 18.2 Å². The fourth-order valence-electron chi connectivity index (χ4n) is 4.23. The van der Waals surface area contributed by atoms with Crippen LogP contribution in [0.5, 0.6) is 0 Å². The third-order valence-corrected chi connectivity index (χ3v) is 5.97. The zero-order valence-corrected chi connectivity index (χ0v) is 19.8. The third kappa shape index (κ3) is 7.24. The Morgan fingerprint density at radius 1 is 1.09 bits per heavy atom. The second-order valence-corrected chi connectivity index (χ2v) is 8.94. The van der Waals surface area contributed by atoms with Crippen molar-refractivity contribution in [3.8, 4) is 11.5 Å². The Morgan fingerprint density at radius 3 is 2.49 bits per heavy atom. The van der Waals surface area contributed by atoms with Crippen molar-refractivity contribution in [3.63, 3.8) is 0 Å². The Labute approximate surface area is 203 Å². The van der Waals surface area contributed by atoms with Crippen LogP contribution in [0.2, 0.25) is 0 Å². The van der Waals surface area contributed by atoms with E-state index >= 15 is 0 Å². The van der Waals surface area contributed by atoms with E-state index in [-0.39, 0.29) is 5.56 Å². The molecule has 1 saturated heterocycles. The summed E-state index contributed by atoms with van der Waals surface area (Å²) in [7, 11) is 1.97. The summed E-state index contributed by atoms with van der Waals surface area (Å²) >= 11 is 0. The molecular weight excluding hydrogens is 455 g/mol. The number of nitrogens with zero attached hydrogens (tertiary/aromatic N) is 4. The lowest BCUT2D eigenvalue weighted by molar-refractivity contribution is -0.127. The maximum absolute atomic E-state index is 12.6. The monoisotopic (exact) mass is 485 g/mol. The maximum Gasteiger partial charge on any atom is 0.393 e. The predicted molar refractivity (Wildman–Crippen MR) is 129 cm³/mol. The number of alkyl halides is 3. The third-order valence-electron chi connectivity index (χ3n) is 5.97. The second kappa shape index (κ2) is 11.2. The van der Waals surface area contributed by atoms with Crippen molar-refractivity contribution in [2.45, 2.75) is 32.2 Å². The number of piperazine rings is 1. The van der Waals surface area contributed by atoms with Gasteiger partial charge in [-0.3, -0.25) is 9.80 Å². The van der Waals surface area contributed by atoms with E-state index < -0.39 is 12.6 Å². The molecule has 6 nitrogen and oxygen atoms in total. The fraction of sp³-hybridized carbons (Fsp3) is 0.385. The standard InChI is InChI=1S/C26H30F3N5O/c1-3-21-8-9-22(25-31-24(32-35-25)18-34-12-10-30-11-13-34)14-23(21)17-33(2)16-20-6-4-19(5-7-20)15-26(27,28)29/h3-9,14,30H,1,10-13,15-18H2,2H3. The van der Waals surface area contributed by atoms with E-state index in [0.29, 0.717) is 31.3 Å². The molecule has 0 saturated carbocycles. The van der Waals surface area contributed by atoms with E-state index in [1.54, 1.807) is 24.3 Å². The van der Waals surface area contributed by atoms with Crippen LogP contribution in [-0.4, -0.2) is 59.3 Å². The number of halogens is 3. The summed E-state index contributed by atoms with van der Waals surface area (Å²) in [6.07, 6.45) is -3.30. The zero-order valence-electron chi connectivity index (χ0n) is 19.8. The normalized spacial score (nSPS) is 15.0. The van der Waals surface area contributed by atoms with Gasteiger partial charge in [0.1, 0.15) is 0 Å². The van der Waals surface area contributed by atoms with Gasteiger partial charge in [0.15, 0.2) is 5.82 Å². The molecule has 1 fully saturated rings. The van der Waals surface area contributed by atoms with Crippen molar-refractivity contribution >= 4 is 6.08 Å². The van der Waals surface area contributed by atoms with Crippen LogP contribution in [0.25, 0.3) is 17.5 Å². The number of aromatic nitrogens is 2. The molecule has 0 atom stereocenters. The number of hydrogen-bond donors (Lipinski definition) is 1. The largest absolute Gasteiger partial charge is 0.393 e. The molecule has 0 amide bonds. The molecule has 1 aromatic heterocycles. The first-order valence-electron chi connectivity index (χ1n) is 11.6. The molecule has 0 unspecified atom stereocenters. The van der Waals surface area contributed by atoms with Crippen LogP contribution >= 0.6 is 0 Å². The summed E-state index contributed by atoms with van der Waals surface area (Å²) in [5.74, 6) is 1.15. The Balaban J connectivity index is 1.42. The molecule has 0 bridgehead atoms. The van der Waals surface area contributed by atoms with Crippen molar-refractivity contribution in [2.75, 3.05) is 33.2 Å². The van der Waals surface area contributed by atoms with Gasteiger partial charge in [0.25, 0.3) is 5.89 Å². The summed E-state index contributed by atoms with van der Waals surface area (Å²) < 4.78 is 43.3. The smallest absolute Gasteiger partial charge is 0.334 e. The van der Waals surface area contributed by atoms with Crippen LogP contribution in [0, 0.1) is 0 Å². The first kappa shape index (κ1) is 25.1. The highest BCUT2D eigenvalue weighted by Crippen LogP contribution is 2.25. The van der Waals surface area contributed by atoms with E-state index in [4.69, 9.17) is 4.52 Å². The molecule has 1 aliphatic heterocycles. The highest BCUT2D eigenvalue weighted by Gasteiger charge is 2.27. The molecule has 1 N–H and O–H groups in total. The van der Waals surface area contributed by atoms with Crippen LogP contribution in [0.1, 0.15) is 28.1 Å². The van der Waals surface area contributed by atoms with E-state index in [9.17, 15) is 13.2 Å². The van der Waals surface area contributed by atoms with E-state index in [0.717, 1.165) is 48.4 Å². The lowest BCUT2D eigenvalue weighted by atomic mass is 10.0. The Morgan fingerprint density at radius 2 is 1.80 bits per heavy atom. The molecule has 2 aromatic carbocycles. The van der Waals surface area contributed by atoms with Crippen LogP contribution in [0.4, 0.5) is 13.2 Å². The van der Waals surface area contributed by atoms with Crippen LogP contribution in [0.15, 0.2) is 53.6 Å². The molecular formula is C26H30F3N5O. The van der Waals surface area contributed by atoms with Crippen LogP contribution in [0.3, 0.4) is 0 Å². The van der Waals surface area contributed by atoms with Gasteiger partial charge in [-0.1, -0.05) is 48.1 Å². The van der Waals surface area contributed by atoms with Gasteiger partial charge in [0.05, 0.1) is 13.0 Å². The van der Waals surface area contributed by atoms with Gasteiger partial charge < -0.3 is 9.84 Å². The average molecular weight is 486 g/mol. The Hall–Kier alpha value is -3.01. The quantitative estimate of drug-likeness (QED) is 0.481. The van der Waals surface area contributed by atoms with Crippen LogP contribution < -0.4 is 5.32 Å². The Kier molecular flexibility index (Phi) is 8.00. The lowest BCUT2D eigenvalue weighted by Gasteiger charge is -2.25. The van der Waals surface area contributed by atoms with Crippen molar-refractivity contribution in [1.29, 1.82) is 0 Å². The number of hydrogen-bond acceptors (Lipinski definition) is 6. The lowest BCUT2D eigenvalue weighted by Crippen LogP contribution is -2.43. The average Bonchev–Trinajstić information content (AvgIpc) is 3.28. The molecule has 9 heteroatoms. The molecule has 35 heavy (non-hydrogen) atoms. The molecule has 2 heterocycles. The SMILES string of the molecule is C=Cc1ccc(-c2nc(CN3CCNCC3)no2)cc1CN(C)Cc1ccc(CC(F)(F)F)cc1. The summed E-state index contributed by atoms with van der Waals surface area (Å²) in [6, 6.07) is 12.5. The van der Waals surface area contributed by atoms with Crippen LogP contribution in [-0.2, 0) is 26.1 Å². The summed E-state index contributed by atoms with van der Waals surface area (Å²) in [6.45, 7) is 9.64. The minimum absolute atomic E-state index is 0.265. The van der Waals surface area contributed by atoms with E-state index in [1.807, 2.05) is 31.3 Å². The van der Waals surface area contributed by atoms with Gasteiger partial charge >= 0.3 is 6.18 Å². The van der Waals surface area contributed by atoms with Crippen molar-refractivity contribution in [3.05, 3.63) is 77.1 Å². The molecule has 0 radical (unpaired) electrons. The maximum atomic E-state index is 12.6. The minimum atomic E-state index is -4.20. The van der Waals surface area contributed by atoms with Gasteiger partial charge in [-0.25, -0.2) is 0 Å². The molecule has 1 aliphatic rings. The van der Waals surface area contributed by atoms with Crippen molar-refractivity contribution < 1.29 is 17.7 Å². The number of benzene rings is 2. The molecule has 3 aromatic rings. The summed E-state index contributed by atoms with van der Waals surface area (Å²) in [4.78, 5) is 8.99. The summed E-state index contributed by atoms with van der Waals surface area (Å²) in [5, 5.41) is 7.49. The molecule has 4 rings (SSSR count). The highest BCUT2D eigenvalue weighted by molar-refractivity contribution is 5.61. The second-order valence-electron chi connectivity index (χ2n) is 8.94. The zero-order chi connectivity index (χ0) is 24.8. The first-order chi connectivity index (χ1) is 16.8. The highest BCUT2D eigenvalue weighted by atomic mass is 19.4. The van der Waals surface area contributed by atoms with Gasteiger partial charge in [0, 0.05) is 44.8 Å². The van der Waals surface area contributed by atoms with Crippen molar-refractivity contribution in [1.82, 2.24) is 25.3 Å². The van der Waals surface area contributed by atoms with Gasteiger partial charge in [-0.05, 0) is 41.4 Å². The van der Waals surface area contributed by atoms with Gasteiger partial charge in [-0.15, -0.1) is 0 Å². The number of rotatable bonds is 9. The number of nitrogens with one attached hydrogen (secondary N) is 1. The molecule has 0 aliphatic carbocycles. The summed E-state index contributed by atoms with van der Waals surface area (Å²) in [5.41, 5.74) is 4.11. The van der Waals surface area contributed by atoms with E-state index in [1.165, 1.54) is 0 Å². The first-order valence-corrected chi connectivity index (χ1v) is 11.6. The van der Waals surface area contributed by atoms with Crippen molar-refractivity contribution in [2.24, 2.45) is 0 Å². The fourth-order valence-corrected chi connectivity index (χ4v) is 4.23. The molecule has 0 spiro atoms. The molecule has 186 valence electrons.